The van der Waals surface area contributed by atoms with Crippen LogP contribution in [0.4, 0.5) is 0 Å². The van der Waals surface area contributed by atoms with E-state index in [4.69, 9.17) is 4.43 Å². The van der Waals surface area contributed by atoms with E-state index in [9.17, 15) is 4.79 Å². The van der Waals surface area contributed by atoms with Crippen LogP contribution in [0.2, 0.25) is 16.6 Å². The van der Waals surface area contributed by atoms with Crippen LogP contribution >= 0.6 is 0 Å². The second-order valence-electron chi connectivity index (χ2n) is 8.28. The lowest BCUT2D eigenvalue weighted by molar-refractivity contribution is 0.145. The largest absolute Gasteiger partial charge is 0.408 e. The van der Waals surface area contributed by atoms with Gasteiger partial charge in [-0.05, 0) is 41.8 Å². The van der Waals surface area contributed by atoms with E-state index in [1.807, 2.05) is 0 Å². The molecule has 0 radical (unpaired) electrons. The normalized spacial score (nSPS) is 21.6. The predicted octanol–water partition coefficient (Wildman–Crippen LogP) is 5.90. The fourth-order valence-electron chi connectivity index (χ4n) is 5.02. The third kappa shape index (κ3) is 3.27. The minimum Gasteiger partial charge on any atom is -0.408 e. The molecular weight excluding hydrogens is 314 g/mol. The topological polar surface area (TPSA) is 42.1 Å². The summed E-state index contributed by atoms with van der Waals surface area (Å²) < 4.78 is 7.01. The Kier molecular flexibility index (Phi) is 6.13. The highest BCUT2D eigenvalue weighted by Gasteiger charge is 2.47. The minimum absolute atomic E-state index is 0.0515. The van der Waals surface area contributed by atoms with Gasteiger partial charge in [0.1, 0.15) is 0 Å². The van der Waals surface area contributed by atoms with Crippen LogP contribution < -0.4 is 5.43 Å². The Morgan fingerprint density at radius 1 is 1.12 bits per heavy atom. The third-order valence-corrected chi connectivity index (χ3v) is 12.2. The van der Waals surface area contributed by atoms with Gasteiger partial charge in [0.15, 0.2) is 5.43 Å². The van der Waals surface area contributed by atoms with Gasteiger partial charge in [0.05, 0.1) is 11.8 Å². The van der Waals surface area contributed by atoms with Gasteiger partial charge in [-0.2, -0.15) is 0 Å². The van der Waals surface area contributed by atoms with Gasteiger partial charge in [0.25, 0.3) is 0 Å². The van der Waals surface area contributed by atoms with Crippen LogP contribution in [0.1, 0.15) is 91.0 Å². The molecule has 1 aliphatic rings. The molecule has 1 aliphatic carbocycles. The number of rotatable bonds is 6. The summed E-state index contributed by atoms with van der Waals surface area (Å²) in [5.41, 5.74) is 3.88. The van der Waals surface area contributed by atoms with Gasteiger partial charge in [-0.15, -0.1) is 0 Å². The summed E-state index contributed by atoms with van der Waals surface area (Å²) in [7, 11) is -1.96. The quantitative estimate of drug-likeness (QED) is 0.650. The van der Waals surface area contributed by atoms with Crippen LogP contribution in [0.5, 0.6) is 0 Å². The zero-order chi connectivity index (χ0) is 18.1. The Bertz CT molecular complexity index is 584. The van der Waals surface area contributed by atoms with Crippen LogP contribution in [0.15, 0.2) is 17.1 Å². The van der Waals surface area contributed by atoms with Crippen LogP contribution in [0, 0.1) is 0 Å². The van der Waals surface area contributed by atoms with Crippen LogP contribution in [0.3, 0.4) is 0 Å². The molecule has 136 valence electrons. The second-order valence-corrected chi connectivity index (χ2v) is 13.7. The lowest BCUT2D eigenvalue weighted by Gasteiger charge is -2.46. The second kappa shape index (κ2) is 7.57. The smallest absolute Gasteiger partial charge is 0.201 e. The van der Waals surface area contributed by atoms with Crippen molar-refractivity contribution in [2.45, 2.75) is 96.4 Å². The van der Waals surface area contributed by atoms with Crippen molar-refractivity contribution < 1.29 is 4.43 Å². The van der Waals surface area contributed by atoms with E-state index in [0.717, 1.165) is 30.5 Å². The van der Waals surface area contributed by atoms with Crippen molar-refractivity contribution >= 4 is 8.32 Å². The van der Waals surface area contributed by atoms with Crippen molar-refractivity contribution in [1.29, 1.82) is 0 Å². The first-order valence-corrected chi connectivity index (χ1v) is 11.8. The van der Waals surface area contributed by atoms with Crippen LogP contribution in [-0.4, -0.2) is 13.3 Å². The zero-order valence-corrected chi connectivity index (χ0v) is 17.5. The zero-order valence-electron chi connectivity index (χ0n) is 16.5. The summed E-state index contributed by atoms with van der Waals surface area (Å²) in [6.07, 6.45) is 4.94. The maximum absolute atomic E-state index is 12.5. The van der Waals surface area contributed by atoms with Crippen molar-refractivity contribution in [1.82, 2.24) is 4.98 Å². The predicted molar refractivity (Wildman–Crippen MR) is 104 cm³/mol. The van der Waals surface area contributed by atoms with E-state index in [2.05, 4.69) is 53.5 Å². The Morgan fingerprint density at radius 2 is 1.71 bits per heavy atom. The molecule has 1 aromatic heterocycles. The molecule has 0 saturated heterocycles. The number of hydrogen-bond donors (Lipinski definition) is 1. The van der Waals surface area contributed by atoms with Gasteiger partial charge in [0.2, 0.25) is 8.32 Å². The van der Waals surface area contributed by atoms with Gasteiger partial charge in [-0.1, -0.05) is 48.5 Å². The molecule has 3 nitrogen and oxygen atoms in total. The van der Waals surface area contributed by atoms with Crippen molar-refractivity contribution in [3.63, 3.8) is 0 Å². The summed E-state index contributed by atoms with van der Waals surface area (Å²) in [6, 6.07) is 1.67. The number of pyridine rings is 1. The summed E-state index contributed by atoms with van der Waals surface area (Å²) in [5.74, 6) is 0.373. The Morgan fingerprint density at radius 3 is 2.21 bits per heavy atom. The Labute approximate surface area is 148 Å². The molecule has 0 fully saturated rings. The molecule has 0 spiro atoms. The number of fused-ring (bicyclic) bond motifs is 1. The Hall–Kier alpha value is -0.873. The lowest BCUT2D eigenvalue weighted by atomic mass is 9.82. The van der Waals surface area contributed by atoms with E-state index in [0.29, 0.717) is 22.5 Å². The molecule has 0 bridgehead atoms. The number of hydrogen-bond acceptors (Lipinski definition) is 2. The number of H-pyrrole nitrogens is 1. The van der Waals surface area contributed by atoms with Crippen LogP contribution in [0.25, 0.3) is 0 Å². The fraction of sp³-hybridized carbons (Fsp3) is 0.750. The van der Waals surface area contributed by atoms with E-state index < -0.39 is 8.32 Å². The minimum atomic E-state index is -1.96. The van der Waals surface area contributed by atoms with Crippen molar-refractivity contribution in [2.75, 3.05) is 0 Å². The van der Waals surface area contributed by atoms with Gasteiger partial charge in [-0.3, -0.25) is 4.79 Å². The monoisotopic (exact) mass is 349 g/mol. The Balaban J connectivity index is 2.47. The molecule has 4 heteroatoms. The first-order chi connectivity index (χ1) is 11.3. The molecule has 0 amide bonds. The van der Waals surface area contributed by atoms with Crippen molar-refractivity contribution in [2.24, 2.45) is 0 Å². The van der Waals surface area contributed by atoms with E-state index in [1.54, 1.807) is 12.3 Å². The first-order valence-electron chi connectivity index (χ1n) is 9.64. The van der Waals surface area contributed by atoms with Gasteiger partial charge < -0.3 is 9.41 Å². The molecule has 0 unspecified atom stereocenters. The molecule has 1 aromatic rings. The summed E-state index contributed by atoms with van der Waals surface area (Å²) >= 11 is 0. The fourth-order valence-corrected chi connectivity index (χ4v) is 10.6. The average molecular weight is 350 g/mol. The van der Waals surface area contributed by atoms with Gasteiger partial charge >= 0.3 is 0 Å². The van der Waals surface area contributed by atoms with E-state index in [1.165, 1.54) is 0 Å². The molecule has 0 aliphatic heterocycles. The molecule has 0 aromatic carbocycles. The molecule has 2 atom stereocenters. The highest BCUT2D eigenvalue weighted by molar-refractivity contribution is 6.77. The molecule has 0 saturated carbocycles. The van der Waals surface area contributed by atoms with Crippen molar-refractivity contribution in [3.05, 3.63) is 33.7 Å². The highest BCUT2D eigenvalue weighted by atomic mass is 28.4. The molecule has 24 heavy (non-hydrogen) atoms. The summed E-state index contributed by atoms with van der Waals surface area (Å²) in [6.45, 7) is 16.1. The van der Waals surface area contributed by atoms with Gasteiger partial charge in [0, 0.05) is 17.8 Å². The average Bonchev–Trinajstić information content (AvgIpc) is 2.51. The third-order valence-electron chi connectivity index (χ3n) is 6.08. The lowest BCUT2D eigenvalue weighted by Crippen LogP contribution is -2.49. The molecule has 2 rings (SSSR count). The number of aromatic amines is 1. The standard InChI is InChI=1S/C20H35NO2Si/c1-8-16-9-10-18(20-19(16)17(22)11-12-21-20)23-24(13(2)3,14(4)5)15(6)7/h11-16,18H,8-10H2,1-7H3,(H,21,22)/t16-,18-/m1/s1. The van der Waals surface area contributed by atoms with E-state index >= 15 is 0 Å². The molecular formula is C20H35NO2Si. The SMILES string of the molecule is CC[C@@H]1CC[C@@H](O[Si](C(C)C)(C(C)C)C(C)C)c2[nH]ccc(=O)c21. The number of nitrogens with one attached hydrogen (secondary N) is 1. The maximum atomic E-state index is 12.5. The van der Waals surface area contributed by atoms with Crippen molar-refractivity contribution in [3.8, 4) is 0 Å². The number of aromatic nitrogens is 1. The molecule has 1 heterocycles. The maximum Gasteiger partial charge on any atom is 0.201 e. The molecule has 1 N–H and O–H groups in total. The van der Waals surface area contributed by atoms with Crippen LogP contribution in [-0.2, 0) is 4.43 Å². The summed E-state index contributed by atoms with van der Waals surface area (Å²) in [4.78, 5) is 15.9. The summed E-state index contributed by atoms with van der Waals surface area (Å²) in [5, 5.41) is 0. The van der Waals surface area contributed by atoms with Gasteiger partial charge in [-0.25, -0.2) is 0 Å². The van der Waals surface area contributed by atoms with E-state index in [-0.39, 0.29) is 11.5 Å². The highest BCUT2D eigenvalue weighted by Crippen LogP contribution is 2.48. The first kappa shape index (κ1) is 19.5.